The molecular weight excluding hydrogens is 221 g/mol. The van der Waals surface area contributed by atoms with Crippen molar-refractivity contribution >= 4 is 5.69 Å². The number of methoxy groups -OCH3 is 1. The lowest BCUT2D eigenvalue weighted by atomic mass is 10.3. The minimum Gasteiger partial charge on any atom is -0.494 e. The van der Waals surface area contributed by atoms with Crippen LogP contribution in [0.4, 0.5) is 10.1 Å². The van der Waals surface area contributed by atoms with E-state index in [0.29, 0.717) is 12.2 Å². The highest BCUT2D eigenvalue weighted by Gasteiger charge is 2.04. The fourth-order valence-corrected chi connectivity index (χ4v) is 1.54. The Bertz CT molecular complexity index is 510. The largest absolute Gasteiger partial charge is 0.494 e. The molecule has 0 aliphatic carbocycles. The number of ether oxygens (including phenoxy) is 1. The van der Waals surface area contributed by atoms with E-state index < -0.39 is 0 Å². The summed E-state index contributed by atoms with van der Waals surface area (Å²) < 4.78 is 20.0. The standard InChI is InChI=1S/C12H14FN3O/c1-16-10(5-6-15-16)8-14-9-3-4-12(17-2)11(13)7-9/h3-7,14H,8H2,1-2H3. The number of rotatable bonds is 4. The number of anilines is 1. The summed E-state index contributed by atoms with van der Waals surface area (Å²) in [5, 5.41) is 7.18. The van der Waals surface area contributed by atoms with Gasteiger partial charge in [0.1, 0.15) is 0 Å². The van der Waals surface area contributed by atoms with Gasteiger partial charge >= 0.3 is 0 Å². The average molecular weight is 235 g/mol. The van der Waals surface area contributed by atoms with Gasteiger partial charge in [0.25, 0.3) is 0 Å². The van der Waals surface area contributed by atoms with Crippen LogP contribution in [0.3, 0.4) is 0 Å². The summed E-state index contributed by atoms with van der Waals surface area (Å²) in [5.74, 6) is -0.126. The van der Waals surface area contributed by atoms with Gasteiger partial charge in [-0.25, -0.2) is 4.39 Å². The second kappa shape index (κ2) is 4.86. The molecule has 0 aliphatic heterocycles. The normalized spacial score (nSPS) is 10.3. The Labute approximate surface area is 99.0 Å². The molecule has 1 aromatic heterocycles. The summed E-state index contributed by atoms with van der Waals surface area (Å²) in [6, 6.07) is 6.70. The minimum atomic E-state index is -0.373. The maximum Gasteiger partial charge on any atom is 0.167 e. The van der Waals surface area contributed by atoms with E-state index in [2.05, 4.69) is 10.4 Å². The van der Waals surface area contributed by atoms with Crippen LogP contribution in [0.15, 0.2) is 30.5 Å². The van der Waals surface area contributed by atoms with Crippen LogP contribution in [0.25, 0.3) is 0 Å². The predicted molar refractivity (Wildman–Crippen MR) is 63.5 cm³/mol. The van der Waals surface area contributed by atoms with Crippen molar-refractivity contribution in [1.29, 1.82) is 0 Å². The molecule has 0 bridgehead atoms. The molecule has 0 aliphatic rings. The first kappa shape index (κ1) is 11.4. The Kier molecular flexibility index (Phi) is 3.27. The van der Waals surface area contributed by atoms with Crippen LogP contribution in [0.5, 0.6) is 5.75 Å². The fourth-order valence-electron chi connectivity index (χ4n) is 1.54. The molecule has 0 saturated carbocycles. The number of aromatic nitrogens is 2. The van der Waals surface area contributed by atoms with Crippen molar-refractivity contribution < 1.29 is 9.13 Å². The Balaban J connectivity index is 2.05. The van der Waals surface area contributed by atoms with Crippen LogP contribution in [0.1, 0.15) is 5.69 Å². The minimum absolute atomic E-state index is 0.246. The average Bonchev–Trinajstić information content (AvgIpc) is 2.72. The van der Waals surface area contributed by atoms with Crippen LogP contribution in [0.2, 0.25) is 0 Å². The smallest absolute Gasteiger partial charge is 0.167 e. The van der Waals surface area contributed by atoms with Gasteiger partial charge in [-0.2, -0.15) is 5.10 Å². The molecular formula is C12H14FN3O. The number of hydrogen-bond acceptors (Lipinski definition) is 3. The zero-order valence-corrected chi connectivity index (χ0v) is 9.77. The maximum absolute atomic E-state index is 13.4. The van der Waals surface area contributed by atoms with Crippen molar-refractivity contribution in [1.82, 2.24) is 9.78 Å². The van der Waals surface area contributed by atoms with E-state index in [1.165, 1.54) is 13.2 Å². The highest BCUT2D eigenvalue weighted by molar-refractivity contribution is 5.47. The number of aryl methyl sites for hydroxylation is 1. The molecule has 0 amide bonds. The lowest BCUT2D eigenvalue weighted by Crippen LogP contribution is -2.05. The Morgan fingerprint density at radius 1 is 1.41 bits per heavy atom. The summed E-state index contributed by atoms with van der Waals surface area (Å²) in [6.07, 6.45) is 1.73. The van der Waals surface area contributed by atoms with Crippen LogP contribution in [-0.4, -0.2) is 16.9 Å². The molecule has 2 aromatic rings. The number of benzene rings is 1. The summed E-state index contributed by atoms with van der Waals surface area (Å²) in [4.78, 5) is 0. The first-order valence-corrected chi connectivity index (χ1v) is 5.25. The molecule has 1 N–H and O–H groups in total. The third-order valence-corrected chi connectivity index (χ3v) is 2.55. The van der Waals surface area contributed by atoms with E-state index in [9.17, 15) is 4.39 Å². The van der Waals surface area contributed by atoms with Crippen LogP contribution < -0.4 is 10.1 Å². The van der Waals surface area contributed by atoms with Crippen molar-refractivity contribution in [3.05, 3.63) is 42.0 Å². The van der Waals surface area contributed by atoms with Gasteiger partial charge in [-0.05, 0) is 18.2 Å². The van der Waals surface area contributed by atoms with Crippen molar-refractivity contribution in [3.63, 3.8) is 0 Å². The quantitative estimate of drug-likeness (QED) is 0.882. The molecule has 17 heavy (non-hydrogen) atoms. The van der Waals surface area contributed by atoms with E-state index in [0.717, 1.165) is 5.69 Å². The van der Waals surface area contributed by atoms with Gasteiger partial charge in [0.15, 0.2) is 11.6 Å². The third kappa shape index (κ3) is 2.55. The Morgan fingerprint density at radius 2 is 2.24 bits per heavy atom. The predicted octanol–water partition coefficient (Wildman–Crippen LogP) is 2.18. The van der Waals surface area contributed by atoms with Crippen molar-refractivity contribution in [2.24, 2.45) is 7.05 Å². The van der Waals surface area contributed by atoms with E-state index in [1.54, 1.807) is 23.0 Å². The zero-order valence-electron chi connectivity index (χ0n) is 9.77. The van der Waals surface area contributed by atoms with Gasteiger partial charge in [0, 0.05) is 25.0 Å². The van der Waals surface area contributed by atoms with E-state index in [-0.39, 0.29) is 11.6 Å². The first-order chi connectivity index (χ1) is 8.20. The summed E-state index contributed by atoms with van der Waals surface area (Å²) in [7, 11) is 3.31. The fraction of sp³-hybridized carbons (Fsp3) is 0.250. The van der Waals surface area contributed by atoms with E-state index in [1.807, 2.05) is 13.1 Å². The van der Waals surface area contributed by atoms with Crippen LogP contribution in [-0.2, 0) is 13.6 Å². The first-order valence-electron chi connectivity index (χ1n) is 5.25. The molecule has 0 spiro atoms. The molecule has 1 aromatic carbocycles. The third-order valence-electron chi connectivity index (χ3n) is 2.55. The van der Waals surface area contributed by atoms with Gasteiger partial charge in [-0.15, -0.1) is 0 Å². The molecule has 4 nitrogen and oxygen atoms in total. The molecule has 0 radical (unpaired) electrons. The molecule has 0 atom stereocenters. The molecule has 1 heterocycles. The lowest BCUT2D eigenvalue weighted by Gasteiger charge is -2.08. The molecule has 0 fully saturated rings. The van der Waals surface area contributed by atoms with Gasteiger partial charge in [0.2, 0.25) is 0 Å². The highest BCUT2D eigenvalue weighted by Crippen LogP contribution is 2.20. The second-order valence-corrected chi connectivity index (χ2v) is 3.65. The highest BCUT2D eigenvalue weighted by atomic mass is 19.1. The number of halogens is 1. The SMILES string of the molecule is COc1ccc(NCc2ccnn2C)cc1F. The number of nitrogens with one attached hydrogen (secondary N) is 1. The van der Waals surface area contributed by atoms with Gasteiger partial charge in [-0.3, -0.25) is 4.68 Å². The van der Waals surface area contributed by atoms with E-state index in [4.69, 9.17) is 4.74 Å². The monoisotopic (exact) mass is 235 g/mol. The van der Waals surface area contributed by atoms with Gasteiger partial charge in [0.05, 0.1) is 19.3 Å². The maximum atomic E-state index is 13.4. The lowest BCUT2D eigenvalue weighted by molar-refractivity contribution is 0.386. The van der Waals surface area contributed by atoms with Crippen molar-refractivity contribution in [2.75, 3.05) is 12.4 Å². The van der Waals surface area contributed by atoms with Crippen LogP contribution >= 0.6 is 0 Å². The van der Waals surface area contributed by atoms with Crippen molar-refractivity contribution in [2.45, 2.75) is 6.54 Å². The summed E-state index contributed by atoms with van der Waals surface area (Å²) >= 11 is 0. The topological polar surface area (TPSA) is 39.1 Å². The van der Waals surface area contributed by atoms with E-state index >= 15 is 0 Å². The van der Waals surface area contributed by atoms with Gasteiger partial charge in [-0.1, -0.05) is 0 Å². The molecule has 90 valence electrons. The zero-order chi connectivity index (χ0) is 12.3. The second-order valence-electron chi connectivity index (χ2n) is 3.65. The Hall–Kier alpha value is -2.04. The van der Waals surface area contributed by atoms with Crippen LogP contribution in [0, 0.1) is 5.82 Å². The number of nitrogens with zero attached hydrogens (tertiary/aromatic N) is 2. The molecule has 0 unspecified atom stereocenters. The molecule has 0 saturated heterocycles. The number of hydrogen-bond donors (Lipinski definition) is 1. The Morgan fingerprint density at radius 3 is 2.82 bits per heavy atom. The van der Waals surface area contributed by atoms with Gasteiger partial charge < -0.3 is 10.1 Å². The molecule has 5 heteroatoms. The molecule has 2 rings (SSSR count). The summed E-state index contributed by atoms with van der Waals surface area (Å²) in [5.41, 5.74) is 1.74. The van der Waals surface area contributed by atoms with Crippen molar-refractivity contribution in [3.8, 4) is 5.75 Å². The summed E-state index contributed by atoms with van der Waals surface area (Å²) in [6.45, 7) is 0.599.